The Balaban J connectivity index is 1.64. The van der Waals surface area contributed by atoms with Gasteiger partial charge in [-0.25, -0.2) is 4.79 Å². The Hall–Kier alpha value is -1.83. The molecule has 152 valence electrons. The second-order valence-corrected chi connectivity index (χ2v) is 7.80. The molecule has 0 aromatic heterocycles. The van der Waals surface area contributed by atoms with Gasteiger partial charge in [0, 0.05) is 18.0 Å². The highest BCUT2D eigenvalue weighted by Crippen LogP contribution is 2.28. The summed E-state index contributed by atoms with van der Waals surface area (Å²) in [5.41, 5.74) is 4.47. The molecule has 0 saturated carbocycles. The van der Waals surface area contributed by atoms with Crippen molar-refractivity contribution in [3.63, 3.8) is 0 Å². The summed E-state index contributed by atoms with van der Waals surface area (Å²) in [6.45, 7) is 7.42. The average molecular weight is 424 g/mol. The lowest BCUT2D eigenvalue weighted by Gasteiger charge is -2.12. The van der Waals surface area contributed by atoms with Crippen molar-refractivity contribution in [2.24, 2.45) is 0 Å². The zero-order chi connectivity index (χ0) is 20.5. The first-order valence-corrected chi connectivity index (χ1v) is 10.7. The summed E-state index contributed by atoms with van der Waals surface area (Å²) in [6, 6.07) is 10.8. The van der Waals surface area contributed by atoms with Crippen LogP contribution in [0.15, 0.2) is 41.3 Å². The van der Waals surface area contributed by atoms with Crippen LogP contribution in [0.3, 0.4) is 0 Å². The highest BCUT2D eigenvalue weighted by Gasteiger charge is 2.06. The highest BCUT2D eigenvalue weighted by atomic mass is 32.2. The van der Waals surface area contributed by atoms with E-state index in [1.807, 2.05) is 0 Å². The molecule has 0 aliphatic rings. The van der Waals surface area contributed by atoms with Gasteiger partial charge in [0.2, 0.25) is 0 Å². The lowest BCUT2D eigenvalue weighted by Crippen LogP contribution is -2.30. The molecular formula is C19H25N2O5PS. The van der Waals surface area contributed by atoms with Crippen LogP contribution < -0.4 is 14.6 Å². The molecule has 0 spiro atoms. The van der Waals surface area contributed by atoms with E-state index in [-0.39, 0.29) is 6.61 Å². The van der Waals surface area contributed by atoms with Crippen LogP contribution in [0.2, 0.25) is 0 Å². The Morgan fingerprint density at radius 3 is 2.32 bits per heavy atom. The van der Waals surface area contributed by atoms with E-state index >= 15 is 0 Å². The molecule has 2 aromatic carbocycles. The van der Waals surface area contributed by atoms with Crippen molar-refractivity contribution in [2.75, 3.05) is 13.1 Å². The smallest absolute Gasteiger partial charge is 0.407 e. The first-order chi connectivity index (χ1) is 13.3. The summed E-state index contributed by atoms with van der Waals surface area (Å²) in [5.74, 6) is 0.340. The summed E-state index contributed by atoms with van der Waals surface area (Å²) < 4.78 is 13.2. The van der Waals surface area contributed by atoms with Crippen molar-refractivity contribution < 1.29 is 23.8 Å². The van der Waals surface area contributed by atoms with E-state index in [2.05, 4.69) is 42.9 Å². The Bertz CT molecular complexity index is 763. The molecule has 0 aliphatic carbocycles. The third-order valence-corrected chi connectivity index (χ3v) is 5.33. The summed E-state index contributed by atoms with van der Waals surface area (Å²) in [4.78, 5) is 30.5. The molecule has 4 N–H and O–H groups in total. The van der Waals surface area contributed by atoms with E-state index in [4.69, 9.17) is 19.0 Å². The van der Waals surface area contributed by atoms with Crippen molar-refractivity contribution in [3.8, 4) is 5.75 Å². The first-order valence-electron chi connectivity index (χ1n) is 8.68. The molecule has 0 radical (unpaired) electrons. The predicted octanol–water partition coefficient (Wildman–Crippen LogP) is 3.73. The van der Waals surface area contributed by atoms with Crippen molar-refractivity contribution >= 4 is 26.6 Å². The second-order valence-electron chi connectivity index (χ2n) is 6.22. The van der Waals surface area contributed by atoms with Crippen LogP contribution in [-0.2, 0) is 11.3 Å². The molecule has 28 heavy (non-hydrogen) atoms. The summed E-state index contributed by atoms with van der Waals surface area (Å²) >= 11 is 1.56. The minimum Gasteiger partial charge on any atom is -0.445 e. The van der Waals surface area contributed by atoms with Gasteiger partial charge >= 0.3 is 14.7 Å². The zero-order valence-corrected chi connectivity index (χ0v) is 17.8. The number of aryl methyl sites for hydroxylation is 3. The van der Waals surface area contributed by atoms with E-state index < -0.39 is 14.7 Å². The fourth-order valence-corrected chi connectivity index (χ4v) is 3.71. The van der Waals surface area contributed by atoms with Gasteiger partial charge in [0.15, 0.2) is 0 Å². The lowest BCUT2D eigenvalue weighted by molar-refractivity contribution is 0.140. The Morgan fingerprint density at radius 1 is 1.07 bits per heavy atom. The van der Waals surface area contributed by atoms with Gasteiger partial charge in [0.1, 0.15) is 12.4 Å². The number of nitrogens with one attached hydrogen (secondary N) is 2. The molecule has 0 saturated heterocycles. The molecule has 0 fully saturated rings. The number of amides is 1. The van der Waals surface area contributed by atoms with Crippen molar-refractivity contribution in [1.29, 1.82) is 0 Å². The Kier molecular flexibility index (Phi) is 9.02. The van der Waals surface area contributed by atoms with E-state index in [1.54, 1.807) is 36.2 Å². The predicted molar refractivity (Wildman–Crippen MR) is 111 cm³/mol. The van der Waals surface area contributed by atoms with Gasteiger partial charge in [-0.05, 0) is 61.5 Å². The topological polar surface area (TPSA) is 100 Å². The Morgan fingerprint density at radius 2 is 1.71 bits per heavy atom. The third kappa shape index (κ3) is 7.66. The molecule has 0 atom stereocenters. The van der Waals surface area contributed by atoms with Crippen LogP contribution in [0.1, 0.15) is 22.3 Å². The fraction of sp³-hybridized carbons (Fsp3) is 0.316. The maximum Gasteiger partial charge on any atom is 0.407 e. The van der Waals surface area contributed by atoms with Crippen LogP contribution in [-0.4, -0.2) is 29.0 Å². The Labute approximate surface area is 170 Å². The van der Waals surface area contributed by atoms with Crippen LogP contribution >= 0.6 is 20.6 Å². The average Bonchev–Trinajstić information content (AvgIpc) is 2.62. The maximum absolute atomic E-state index is 11.8. The molecule has 2 aromatic rings. The van der Waals surface area contributed by atoms with Gasteiger partial charge < -0.3 is 24.4 Å². The highest BCUT2D eigenvalue weighted by molar-refractivity contribution is 7.97. The number of rotatable bonds is 9. The molecule has 9 heteroatoms. The lowest BCUT2D eigenvalue weighted by atomic mass is 10.1. The molecule has 0 heterocycles. The first kappa shape index (κ1) is 22.5. The SMILES string of the molecule is Cc1cc(C)c(SNCCNC(=O)OCc2ccc(OP(O)O)cc2)c(C)c1. The molecule has 1 amide bonds. The van der Waals surface area contributed by atoms with Crippen LogP contribution in [0.25, 0.3) is 0 Å². The summed E-state index contributed by atoms with van der Waals surface area (Å²) in [6.07, 6.45) is -0.496. The van der Waals surface area contributed by atoms with E-state index in [0.29, 0.717) is 18.8 Å². The van der Waals surface area contributed by atoms with Gasteiger partial charge in [0.05, 0.1) is 0 Å². The van der Waals surface area contributed by atoms with E-state index in [0.717, 1.165) is 5.56 Å². The minimum absolute atomic E-state index is 0.114. The summed E-state index contributed by atoms with van der Waals surface area (Å²) in [7, 11) is -2.44. The molecular weight excluding hydrogens is 399 g/mol. The van der Waals surface area contributed by atoms with Crippen LogP contribution in [0, 0.1) is 20.8 Å². The van der Waals surface area contributed by atoms with Gasteiger partial charge in [-0.1, -0.05) is 29.8 Å². The summed E-state index contributed by atoms with van der Waals surface area (Å²) in [5, 5.41) is 2.69. The van der Waals surface area contributed by atoms with Gasteiger partial charge in [0.25, 0.3) is 0 Å². The number of carbonyl (C=O) groups excluding carboxylic acids is 1. The van der Waals surface area contributed by atoms with Gasteiger partial charge in [-0.3, -0.25) is 4.72 Å². The van der Waals surface area contributed by atoms with E-state index in [9.17, 15) is 4.79 Å². The number of carbonyl (C=O) groups is 1. The maximum atomic E-state index is 11.8. The molecule has 0 unspecified atom stereocenters. The number of benzene rings is 2. The number of ether oxygens (including phenoxy) is 1. The van der Waals surface area contributed by atoms with Crippen molar-refractivity contribution in [2.45, 2.75) is 32.3 Å². The molecule has 2 rings (SSSR count). The number of hydrogen-bond acceptors (Lipinski definition) is 7. The molecule has 0 aliphatic heterocycles. The van der Waals surface area contributed by atoms with Crippen molar-refractivity contribution in [3.05, 3.63) is 58.7 Å². The van der Waals surface area contributed by atoms with Gasteiger partial charge in [-0.15, -0.1) is 0 Å². The third-order valence-electron chi connectivity index (χ3n) is 3.76. The normalized spacial score (nSPS) is 10.8. The fourth-order valence-electron chi connectivity index (χ4n) is 2.61. The van der Waals surface area contributed by atoms with Gasteiger partial charge in [-0.2, -0.15) is 0 Å². The number of hydrogen-bond donors (Lipinski definition) is 4. The van der Waals surface area contributed by atoms with Crippen molar-refractivity contribution in [1.82, 2.24) is 10.0 Å². The molecule has 7 nitrogen and oxygen atoms in total. The number of alkyl carbamates (subject to hydrolysis) is 1. The second kappa shape index (κ2) is 11.2. The van der Waals surface area contributed by atoms with E-state index in [1.165, 1.54) is 21.6 Å². The monoisotopic (exact) mass is 424 g/mol. The zero-order valence-electron chi connectivity index (χ0n) is 16.1. The quantitative estimate of drug-likeness (QED) is 0.277. The van der Waals surface area contributed by atoms with Crippen LogP contribution in [0.4, 0.5) is 4.79 Å². The largest absolute Gasteiger partial charge is 0.445 e. The molecule has 0 bridgehead atoms. The van der Waals surface area contributed by atoms with Crippen LogP contribution in [0.5, 0.6) is 5.75 Å². The minimum atomic E-state index is -2.44. The standard InChI is InChI=1S/C19H25N2O5PS/c1-13-10-14(2)18(15(3)11-13)28-21-9-8-20-19(22)25-12-16-4-6-17(7-5-16)26-27(23)24/h4-7,10-11,21,23-24H,8-9,12H2,1-3H3,(H,20,22).